The highest BCUT2D eigenvalue weighted by Crippen LogP contribution is 2.34. The van der Waals surface area contributed by atoms with Gasteiger partial charge in [0.2, 0.25) is 11.8 Å². The molecule has 2 aliphatic heterocycles. The van der Waals surface area contributed by atoms with Crippen LogP contribution in [0.25, 0.3) is 0 Å². The van der Waals surface area contributed by atoms with Gasteiger partial charge >= 0.3 is 0 Å². The van der Waals surface area contributed by atoms with E-state index in [1.165, 1.54) is 4.90 Å². The molecule has 4 nitrogen and oxygen atoms in total. The first-order chi connectivity index (χ1) is 9.58. The van der Waals surface area contributed by atoms with Gasteiger partial charge in [-0.2, -0.15) is 0 Å². The molecule has 3 rings (SSSR count). The Kier molecular flexibility index (Phi) is 3.34. The van der Waals surface area contributed by atoms with E-state index in [1.54, 1.807) is 0 Å². The maximum Gasteiger partial charge on any atom is 0.240 e. The van der Waals surface area contributed by atoms with Crippen molar-refractivity contribution in [1.29, 1.82) is 0 Å². The van der Waals surface area contributed by atoms with Gasteiger partial charge in [0.05, 0.1) is 17.7 Å². The van der Waals surface area contributed by atoms with Crippen LogP contribution in [0.1, 0.15) is 30.4 Å². The van der Waals surface area contributed by atoms with Gasteiger partial charge in [-0.15, -0.1) is 0 Å². The zero-order valence-electron chi connectivity index (χ0n) is 11.9. The number of imide groups is 1. The molecule has 2 aliphatic rings. The zero-order valence-corrected chi connectivity index (χ0v) is 11.9. The average Bonchev–Trinajstić information content (AvgIpc) is 3.02. The number of ether oxygens (including phenoxy) is 1. The lowest BCUT2D eigenvalue weighted by atomic mass is 9.98. The Morgan fingerprint density at radius 3 is 2.75 bits per heavy atom. The molecule has 0 radical (unpaired) electrons. The van der Waals surface area contributed by atoms with Crippen molar-refractivity contribution in [2.45, 2.75) is 39.2 Å². The van der Waals surface area contributed by atoms with E-state index in [-0.39, 0.29) is 30.3 Å². The number of carbonyl (C=O) groups excluding carboxylic acids is 2. The normalized spacial score (nSPS) is 26.6. The van der Waals surface area contributed by atoms with Gasteiger partial charge in [-0.05, 0) is 43.9 Å². The molecule has 106 valence electrons. The maximum atomic E-state index is 12.6. The Hall–Kier alpha value is -1.68. The number of rotatable bonds is 2. The summed E-state index contributed by atoms with van der Waals surface area (Å²) in [5.41, 5.74) is 2.72. The van der Waals surface area contributed by atoms with Gasteiger partial charge in [-0.25, -0.2) is 4.90 Å². The van der Waals surface area contributed by atoms with Crippen molar-refractivity contribution < 1.29 is 14.3 Å². The Morgan fingerprint density at radius 1 is 1.25 bits per heavy atom. The molecule has 2 fully saturated rings. The van der Waals surface area contributed by atoms with Crippen molar-refractivity contribution >= 4 is 17.5 Å². The fourth-order valence-electron chi connectivity index (χ4n) is 3.08. The lowest BCUT2D eigenvalue weighted by Gasteiger charge is -2.19. The number of hydrogen-bond donors (Lipinski definition) is 0. The van der Waals surface area contributed by atoms with E-state index in [1.807, 2.05) is 32.0 Å². The SMILES string of the molecule is Cc1ccc(C)c(N2C(=O)C[C@@H]([C@@H]3CCCO3)C2=O)c1. The van der Waals surface area contributed by atoms with E-state index in [4.69, 9.17) is 4.74 Å². The zero-order chi connectivity index (χ0) is 14.3. The summed E-state index contributed by atoms with van der Waals surface area (Å²) in [6.07, 6.45) is 2.05. The molecule has 0 aliphatic carbocycles. The molecule has 2 heterocycles. The molecular formula is C16H19NO3. The molecule has 20 heavy (non-hydrogen) atoms. The molecule has 0 aromatic heterocycles. The largest absolute Gasteiger partial charge is 0.377 e. The summed E-state index contributed by atoms with van der Waals surface area (Å²) < 4.78 is 5.59. The van der Waals surface area contributed by atoms with Crippen molar-refractivity contribution in [2.24, 2.45) is 5.92 Å². The van der Waals surface area contributed by atoms with Crippen LogP contribution in [0, 0.1) is 19.8 Å². The second kappa shape index (κ2) is 5.02. The van der Waals surface area contributed by atoms with E-state index in [0.29, 0.717) is 6.61 Å². The molecule has 2 saturated heterocycles. The van der Waals surface area contributed by atoms with Crippen LogP contribution >= 0.6 is 0 Å². The monoisotopic (exact) mass is 273 g/mol. The molecule has 0 bridgehead atoms. The minimum Gasteiger partial charge on any atom is -0.377 e. The summed E-state index contributed by atoms with van der Waals surface area (Å²) in [4.78, 5) is 26.2. The fourth-order valence-corrected chi connectivity index (χ4v) is 3.08. The van der Waals surface area contributed by atoms with Crippen LogP contribution < -0.4 is 4.90 Å². The van der Waals surface area contributed by atoms with E-state index < -0.39 is 0 Å². The van der Waals surface area contributed by atoms with Gasteiger partial charge < -0.3 is 4.74 Å². The molecule has 0 N–H and O–H groups in total. The third-order valence-electron chi connectivity index (χ3n) is 4.20. The Bertz CT molecular complexity index is 561. The van der Waals surface area contributed by atoms with E-state index in [9.17, 15) is 9.59 Å². The Labute approximate surface area is 118 Å². The van der Waals surface area contributed by atoms with E-state index in [0.717, 1.165) is 29.7 Å². The number of amides is 2. The molecule has 4 heteroatoms. The van der Waals surface area contributed by atoms with Crippen LogP contribution in [0.3, 0.4) is 0 Å². The van der Waals surface area contributed by atoms with Gasteiger partial charge in [0.15, 0.2) is 0 Å². The number of benzene rings is 1. The van der Waals surface area contributed by atoms with Crippen molar-refractivity contribution in [1.82, 2.24) is 0 Å². The standard InChI is InChI=1S/C16H19NO3/c1-10-5-6-11(2)13(8-10)17-15(18)9-12(16(17)19)14-4-3-7-20-14/h5-6,8,12,14H,3-4,7,9H2,1-2H3/t12-,14-/m0/s1. The quantitative estimate of drug-likeness (QED) is 0.777. The summed E-state index contributed by atoms with van der Waals surface area (Å²) in [5.74, 6) is -0.510. The van der Waals surface area contributed by atoms with Crippen LogP contribution in [0.4, 0.5) is 5.69 Å². The van der Waals surface area contributed by atoms with Crippen molar-refractivity contribution in [3.05, 3.63) is 29.3 Å². The summed E-state index contributed by atoms with van der Waals surface area (Å²) in [6, 6.07) is 5.84. The molecule has 2 atom stereocenters. The highest BCUT2D eigenvalue weighted by Gasteiger charge is 2.45. The number of aryl methyl sites for hydroxylation is 2. The van der Waals surface area contributed by atoms with E-state index >= 15 is 0 Å². The third-order valence-corrected chi connectivity index (χ3v) is 4.20. The number of nitrogens with zero attached hydrogens (tertiary/aromatic N) is 1. The summed E-state index contributed by atoms with van der Waals surface area (Å²) in [6.45, 7) is 4.59. The van der Waals surface area contributed by atoms with Crippen LogP contribution in [-0.2, 0) is 14.3 Å². The van der Waals surface area contributed by atoms with Gasteiger partial charge in [-0.1, -0.05) is 12.1 Å². The number of carbonyl (C=O) groups is 2. The number of hydrogen-bond acceptors (Lipinski definition) is 3. The molecule has 2 amide bonds. The third kappa shape index (κ3) is 2.14. The van der Waals surface area contributed by atoms with Crippen molar-refractivity contribution in [3.8, 4) is 0 Å². The summed E-state index contributed by atoms with van der Waals surface area (Å²) >= 11 is 0. The summed E-state index contributed by atoms with van der Waals surface area (Å²) in [5, 5.41) is 0. The average molecular weight is 273 g/mol. The minimum absolute atomic E-state index is 0.0819. The van der Waals surface area contributed by atoms with Crippen LogP contribution in [0.2, 0.25) is 0 Å². The first-order valence-electron chi connectivity index (χ1n) is 7.13. The number of anilines is 1. The van der Waals surface area contributed by atoms with Gasteiger partial charge in [0.1, 0.15) is 0 Å². The highest BCUT2D eigenvalue weighted by atomic mass is 16.5. The molecule has 1 aromatic rings. The molecule has 1 aromatic carbocycles. The first-order valence-corrected chi connectivity index (χ1v) is 7.13. The Balaban J connectivity index is 1.92. The van der Waals surface area contributed by atoms with Gasteiger partial charge in [0, 0.05) is 13.0 Å². The predicted molar refractivity (Wildman–Crippen MR) is 75.5 cm³/mol. The lowest BCUT2D eigenvalue weighted by Crippen LogP contribution is -2.34. The Morgan fingerprint density at radius 2 is 2.05 bits per heavy atom. The van der Waals surface area contributed by atoms with Crippen LogP contribution in [0.5, 0.6) is 0 Å². The van der Waals surface area contributed by atoms with Gasteiger partial charge in [-0.3, -0.25) is 9.59 Å². The first kappa shape index (κ1) is 13.3. The molecule has 0 unspecified atom stereocenters. The van der Waals surface area contributed by atoms with Crippen molar-refractivity contribution in [3.63, 3.8) is 0 Å². The topological polar surface area (TPSA) is 46.6 Å². The predicted octanol–water partition coefficient (Wildman–Crippen LogP) is 2.36. The second-order valence-corrected chi connectivity index (χ2v) is 5.72. The summed E-state index contributed by atoms with van der Waals surface area (Å²) in [7, 11) is 0. The lowest BCUT2D eigenvalue weighted by molar-refractivity contribution is -0.124. The minimum atomic E-state index is -0.301. The van der Waals surface area contributed by atoms with Crippen LogP contribution in [-0.4, -0.2) is 24.5 Å². The smallest absolute Gasteiger partial charge is 0.240 e. The fraction of sp³-hybridized carbons (Fsp3) is 0.500. The maximum absolute atomic E-state index is 12.6. The van der Waals surface area contributed by atoms with Crippen LogP contribution in [0.15, 0.2) is 18.2 Å². The second-order valence-electron chi connectivity index (χ2n) is 5.72. The van der Waals surface area contributed by atoms with Crippen molar-refractivity contribution in [2.75, 3.05) is 11.5 Å². The van der Waals surface area contributed by atoms with E-state index in [2.05, 4.69) is 0 Å². The molecule has 0 saturated carbocycles. The highest BCUT2D eigenvalue weighted by molar-refractivity contribution is 6.21. The van der Waals surface area contributed by atoms with Gasteiger partial charge in [0.25, 0.3) is 0 Å². The molecular weight excluding hydrogens is 254 g/mol. The molecule has 0 spiro atoms.